The van der Waals surface area contributed by atoms with Gasteiger partial charge in [-0.2, -0.15) is 0 Å². The Kier molecular flexibility index (Phi) is 11.2. The maximum absolute atomic E-state index is 12.5. The van der Waals surface area contributed by atoms with Gasteiger partial charge in [-0.05, 0) is 107 Å². The van der Waals surface area contributed by atoms with Crippen molar-refractivity contribution in [1.82, 2.24) is 0 Å². The molecule has 15 heteroatoms. The van der Waals surface area contributed by atoms with Crippen LogP contribution in [0.4, 0.5) is 0 Å². The Balaban J connectivity index is 1.47. The van der Waals surface area contributed by atoms with Crippen molar-refractivity contribution in [2.24, 2.45) is 23.7 Å². The summed E-state index contributed by atoms with van der Waals surface area (Å²) in [7, 11) is 0.820. The number of rotatable bonds is 10. The zero-order chi connectivity index (χ0) is 38.6. The summed E-state index contributed by atoms with van der Waals surface area (Å²) in [6, 6.07) is 3.57. The van der Waals surface area contributed by atoms with Gasteiger partial charge in [0.25, 0.3) is 0 Å². The van der Waals surface area contributed by atoms with Crippen LogP contribution in [0.15, 0.2) is 17.7 Å². The molecule has 2 saturated heterocycles. The first-order chi connectivity index (χ1) is 24.9. The fourth-order valence-electron chi connectivity index (χ4n) is 8.84. The number of carbonyl (C=O) groups is 4. The first-order valence-electron chi connectivity index (χ1n) is 18.3. The summed E-state index contributed by atoms with van der Waals surface area (Å²) in [6.45, 7) is 12.1. The van der Waals surface area contributed by atoms with Crippen LogP contribution in [0.25, 0.3) is 5.76 Å². The molecule has 2 unspecified atom stereocenters. The monoisotopic (exact) mass is 760 g/mol. The van der Waals surface area contributed by atoms with E-state index in [0.717, 1.165) is 39.5 Å². The van der Waals surface area contributed by atoms with Gasteiger partial charge < -0.3 is 42.5 Å². The van der Waals surface area contributed by atoms with Crippen LogP contribution in [0, 0.1) is 23.7 Å². The molecule has 4 saturated carbocycles. The minimum absolute atomic E-state index is 0.105. The molecule has 4 bridgehead atoms. The van der Waals surface area contributed by atoms with Crippen molar-refractivity contribution in [2.75, 3.05) is 13.7 Å². The molecule has 2 heterocycles. The van der Waals surface area contributed by atoms with Crippen molar-refractivity contribution in [3.63, 3.8) is 0 Å². The van der Waals surface area contributed by atoms with Crippen LogP contribution in [0.5, 0.6) is 5.75 Å². The minimum atomic E-state index is -1.51. The number of hydrogen-bond donors (Lipinski definition) is 0. The summed E-state index contributed by atoms with van der Waals surface area (Å²) in [4.78, 5) is 49.1. The lowest BCUT2D eigenvalue weighted by Crippen LogP contribution is -2.63. The van der Waals surface area contributed by atoms with E-state index in [2.05, 4.69) is 0 Å². The molecule has 0 aromatic heterocycles. The van der Waals surface area contributed by atoms with Crippen LogP contribution in [-0.4, -0.2) is 86.6 Å². The van der Waals surface area contributed by atoms with Crippen molar-refractivity contribution < 1.29 is 61.6 Å². The number of carbonyl (C=O) groups excluding carboxylic acids is 4. The number of allylic oxidation sites excluding steroid dienone is 1. The van der Waals surface area contributed by atoms with E-state index in [0.29, 0.717) is 40.5 Å². The van der Waals surface area contributed by atoms with Crippen LogP contribution < -0.4 is 10.2 Å². The van der Waals surface area contributed by atoms with Crippen molar-refractivity contribution in [1.29, 1.82) is 0 Å². The summed E-state index contributed by atoms with van der Waals surface area (Å²) in [6.07, 6.45) is -1.22. The van der Waals surface area contributed by atoms with E-state index in [1.807, 2.05) is 33.8 Å². The lowest BCUT2D eigenvalue weighted by atomic mass is 9.54. The summed E-state index contributed by atoms with van der Waals surface area (Å²) in [5, 5.41) is 0.191. The molecule has 5 atom stereocenters. The normalized spacial score (nSPS) is 32.2. The summed E-state index contributed by atoms with van der Waals surface area (Å²) >= 11 is 7.31. The zero-order valence-electron chi connectivity index (χ0n) is 31.9. The summed E-state index contributed by atoms with van der Waals surface area (Å²) in [5.74, 6) is 0.0799. The lowest BCUT2D eigenvalue weighted by Gasteiger charge is -2.51. The third-order valence-electron chi connectivity index (χ3n) is 11.5. The van der Waals surface area contributed by atoms with Gasteiger partial charge in [-0.1, -0.05) is 11.6 Å². The van der Waals surface area contributed by atoms with Gasteiger partial charge in [-0.3, -0.25) is 19.2 Å². The summed E-state index contributed by atoms with van der Waals surface area (Å²) in [5.41, 5.74) is 1.09. The molecule has 13 nitrogen and oxygen atoms in total. The third-order valence-corrected chi connectivity index (χ3v) is 11.9. The first kappa shape index (κ1) is 39.4. The highest BCUT2D eigenvalue weighted by Crippen LogP contribution is 2.58. The van der Waals surface area contributed by atoms with Gasteiger partial charge in [0.05, 0.1) is 23.3 Å². The van der Waals surface area contributed by atoms with E-state index in [1.54, 1.807) is 13.2 Å². The number of halogens is 1. The predicted molar refractivity (Wildman–Crippen MR) is 191 cm³/mol. The Hall–Kier alpha value is -3.33. The number of hydrogen-bond acceptors (Lipinski definition) is 13. The zero-order valence-corrected chi connectivity index (χ0v) is 32.6. The molecule has 6 fully saturated rings. The number of benzene rings is 1. The van der Waals surface area contributed by atoms with Crippen molar-refractivity contribution in [3.05, 3.63) is 28.3 Å². The van der Waals surface area contributed by atoms with Crippen molar-refractivity contribution in [3.8, 4) is 5.75 Å². The van der Waals surface area contributed by atoms with Gasteiger partial charge in [0, 0.05) is 33.3 Å². The van der Waals surface area contributed by atoms with Crippen molar-refractivity contribution >= 4 is 53.8 Å². The summed E-state index contributed by atoms with van der Waals surface area (Å²) < 4.78 is 54.1. The minimum Gasteiger partial charge on any atom is -0.496 e. The second-order valence-electron chi connectivity index (χ2n) is 15.9. The maximum atomic E-state index is 12.5. The molecule has 290 valence electrons. The van der Waals surface area contributed by atoms with Gasteiger partial charge >= 0.3 is 31.0 Å². The van der Waals surface area contributed by atoms with Crippen LogP contribution >= 0.6 is 11.6 Å². The quantitative estimate of drug-likeness (QED) is 0.138. The van der Waals surface area contributed by atoms with Crippen LogP contribution in [-0.2, 0) is 56.9 Å². The molecule has 0 amide bonds. The Morgan fingerprint density at radius 3 is 1.81 bits per heavy atom. The second kappa shape index (κ2) is 15.1. The molecule has 0 radical (unpaired) electrons. The molecular formula is C38H50BClO13. The van der Waals surface area contributed by atoms with Gasteiger partial charge in [-0.25, -0.2) is 0 Å². The molecule has 0 spiro atoms. The largest absolute Gasteiger partial charge is 0.496 e. The fraction of sp³-hybridized carbons (Fsp3) is 0.684. The Morgan fingerprint density at radius 1 is 0.774 bits per heavy atom. The first-order valence-corrected chi connectivity index (χ1v) is 18.7. The van der Waals surface area contributed by atoms with Crippen LogP contribution in [0.1, 0.15) is 93.1 Å². The van der Waals surface area contributed by atoms with E-state index in [1.165, 1.54) is 25.8 Å². The maximum Gasteiger partial charge on any atom is 0.494 e. The lowest BCUT2D eigenvalue weighted by molar-refractivity contribution is -0.288. The molecule has 7 rings (SSSR count). The number of ether oxygens (including phenoxy) is 7. The highest BCUT2D eigenvalue weighted by Gasteiger charge is 2.55. The number of methoxy groups -OCH3 is 1. The molecule has 4 aliphatic carbocycles. The average Bonchev–Trinajstić information content (AvgIpc) is 3.27. The van der Waals surface area contributed by atoms with Crippen LogP contribution in [0.2, 0.25) is 5.02 Å². The van der Waals surface area contributed by atoms with Crippen LogP contribution in [0.3, 0.4) is 0 Å². The van der Waals surface area contributed by atoms with E-state index in [4.69, 9.17) is 54.1 Å². The molecule has 53 heavy (non-hydrogen) atoms. The van der Waals surface area contributed by atoms with E-state index >= 15 is 0 Å². The smallest absolute Gasteiger partial charge is 0.494 e. The van der Waals surface area contributed by atoms with Crippen molar-refractivity contribution in [2.45, 2.75) is 129 Å². The molecular weight excluding hydrogens is 711 g/mol. The predicted octanol–water partition coefficient (Wildman–Crippen LogP) is 4.91. The standard InChI is InChI=1S/C38H50BClO13/c1-18(41)46-17-29-33(47-19(2)42)34(48-20(3)43)35(49-21(4)44)36(51-29)50-28-16-26(39-52-37(5,6)38(7,8)53-39)15-27(31(28)40)32(45-9)30-24-11-22-10-23(13-24)14-25(30)12-22/h15-16,22-25,29,33-36H,10-14,17H2,1-9H3/t22?,23?,24?,25?,29?,33-,34?,35-,36+/m0/s1. The Labute approximate surface area is 315 Å². The molecule has 1 aromatic rings. The highest BCUT2D eigenvalue weighted by atomic mass is 35.5. The van der Waals surface area contributed by atoms with Gasteiger partial charge in [0.1, 0.15) is 24.2 Å². The fourth-order valence-corrected chi connectivity index (χ4v) is 9.08. The SMILES string of the molecule is COC(=C1C2CC3CC(C2)CC1C3)c1cc(B2OC(C)(C)C(C)(C)O2)cc(O[C@@H]2OC(COC(C)=O)[C@H](OC(C)=O)C(OC(C)=O)[C@@H]2OC(C)=O)c1Cl. The highest BCUT2D eigenvalue weighted by molar-refractivity contribution is 6.62. The molecule has 1 aromatic carbocycles. The van der Waals surface area contributed by atoms with Gasteiger partial charge in [0.2, 0.25) is 12.4 Å². The molecule has 2 aliphatic heterocycles. The Morgan fingerprint density at radius 2 is 1.30 bits per heavy atom. The van der Waals surface area contributed by atoms with E-state index in [9.17, 15) is 19.2 Å². The third kappa shape index (κ3) is 8.06. The second-order valence-corrected chi connectivity index (χ2v) is 16.3. The molecule has 6 aliphatic rings. The number of esters is 4. The van der Waals surface area contributed by atoms with Gasteiger partial charge in [0.15, 0.2) is 12.2 Å². The topological polar surface area (TPSA) is 151 Å². The van der Waals surface area contributed by atoms with E-state index < -0.39 is 79.5 Å². The van der Waals surface area contributed by atoms with Gasteiger partial charge in [-0.15, -0.1) is 0 Å². The molecule has 0 N–H and O–H groups in total. The Bertz CT molecular complexity index is 1610. The average molecular weight is 761 g/mol. The van der Waals surface area contributed by atoms with E-state index in [-0.39, 0.29) is 10.8 Å².